The summed E-state index contributed by atoms with van der Waals surface area (Å²) in [5.41, 5.74) is 0. The van der Waals surface area contributed by atoms with Gasteiger partial charge in [-0.1, -0.05) is 26.7 Å². The first-order chi connectivity index (χ1) is 7.92. The Hall–Kier alpha value is -0.130. The summed E-state index contributed by atoms with van der Waals surface area (Å²) in [5, 5.41) is 2.79. The molecule has 1 rings (SSSR count). The maximum atomic E-state index is 11.9. The van der Waals surface area contributed by atoms with Crippen molar-refractivity contribution < 1.29 is 8.42 Å². The van der Waals surface area contributed by atoms with Crippen molar-refractivity contribution in [1.29, 1.82) is 0 Å². The van der Waals surface area contributed by atoms with Gasteiger partial charge in [0.1, 0.15) is 0 Å². The van der Waals surface area contributed by atoms with Crippen molar-refractivity contribution in [3.05, 3.63) is 0 Å². The second-order valence-electron chi connectivity index (χ2n) is 5.42. The third kappa shape index (κ3) is 5.36. The predicted molar refractivity (Wildman–Crippen MR) is 71.5 cm³/mol. The number of rotatable bonds is 7. The first-order valence-corrected chi connectivity index (χ1v) is 8.18. The van der Waals surface area contributed by atoms with Gasteiger partial charge in [0.05, 0.1) is 5.25 Å². The molecule has 0 amide bonds. The Morgan fingerprint density at radius 3 is 2.29 bits per heavy atom. The summed E-state index contributed by atoms with van der Waals surface area (Å²) in [6.45, 7) is 6.93. The van der Waals surface area contributed by atoms with E-state index in [2.05, 4.69) is 10.0 Å². The molecule has 0 aromatic rings. The Labute approximate surface area is 106 Å². The molecule has 1 atom stereocenters. The maximum Gasteiger partial charge on any atom is 0.215 e. The molecule has 17 heavy (non-hydrogen) atoms. The van der Waals surface area contributed by atoms with Crippen LogP contribution in [-0.4, -0.2) is 32.8 Å². The van der Waals surface area contributed by atoms with Crippen LogP contribution >= 0.6 is 0 Å². The molecule has 0 heterocycles. The van der Waals surface area contributed by atoms with Crippen LogP contribution in [0.5, 0.6) is 0 Å². The fourth-order valence-electron chi connectivity index (χ4n) is 2.10. The van der Waals surface area contributed by atoms with Crippen LogP contribution < -0.4 is 10.0 Å². The number of nitrogens with one attached hydrogen (secondary N) is 2. The lowest BCUT2D eigenvalue weighted by molar-refractivity contribution is 0.506. The highest BCUT2D eigenvalue weighted by Crippen LogP contribution is 2.23. The van der Waals surface area contributed by atoms with Crippen LogP contribution in [0.25, 0.3) is 0 Å². The van der Waals surface area contributed by atoms with Crippen molar-refractivity contribution in [1.82, 2.24) is 10.0 Å². The molecule has 2 N–H and O–H groups in total. The van der Waals surface area contributed by atoms with E-state index < -0.39 is 10.0 Å². The predicted octanol–water partition coefficient (Wildman–Crippen LogP) is 1.48. The zero-order chi connectivity index (χ0) is 12.9. The molecule has 0 radical (unpaired) electrons. The SMILES string of the molecule is CC(C)NCC(C)S(=O)(=O)NCC1CCCC1. The van der Waals surface area contributed by atoms with E-state index in [-0.39, 0.29) is 5.25 Å². The Bertz CT molecular complexity index is 308. The van der Waals surface area contributed by atoms with Crippen molar-refractivity contribution in [3.8, 4) is 0 Å². The van der Waals surface area contributed by atoms with E-state index in [1.54, 1.807) is 6.92 Å². The van der Waals surface area contributed by atoms with E-state index in [1.165, 1.54) is 25.7 Å². The van der Waals surface area contributed by atoms with Crippen LogP contribution in [0, 0.1) is 5.92 Å². The molecular weight excluding hydrogens is 236 g/mol. The summed E-state index contributed by atoms with van der Waals surface area (Å²) in [7, 11) is -3.16. The minimum absolute atomic E-state index is 0.322. The van der Waals surface area contributed by atoms with E-state index >= 15 is 0 Å². The van der Waals surface area contributed by atoms with Gasteiger partial charge in [0, 0.05) is 19.1 Å². The molecule has 0 aromatic carbocycles. The van der Waals surface area contributed by atoms with Gasteiger partial charge < -0.3 is 5.32 Å². The highest BCUT2D eigenvalue weighted by atomic mass is 32.2. The van der Waals surface area contributed by atoms with Gasteiger partial charge in [-0.25, -0.2) is 13.1 Å². The fourth-order valence-corrected chi connectivity index (χ4v) is 3.17. The van der Waals surface area contributed by atoms with Crippen molar-refractivity contribution in [2.75, 3.05) is 13.1 Å². The lowest BCUT2D eigenvalue weighted by Crippen LogP contribution is -2.42. The van der Waals surface area contributed by atoms with E-state index in [4.69, 9.17) is 0 Å². The van der Waals surface area contributed by atoms with Crippen molar-refractivity contribution in [2.45, 2.75) is 57.7 Å². The third-order valence-corrected chi connectivity index (χ3v) is 5.19. The van der Waals surface area contributed by atoms with Gasteiger partial charge in [-0.15, -0.1) is 0 Å². The van der Waals surface area contributed by atoms with Gasteiger partial charge in [0.2, 0.25) is 10.0 Å². The topological polar surface area (TPSA) is 58.2 Å². The van der Waals surface area contributed by atoms with Crippen LogP contribution in [0.4, 0.5) is 0 Å². The Morgan fingerprint density at radius 2 is 1.76 bits per heavy atom. The zero-order valence-corrected chi connectivity index (χ0v) is 12.0. The van der Waals surface area contributed by atoms with E-state index in [1.807, 2.05) is 13.8 Å². The van der Waals surface area contributed by atoms with Gasteiger partial charge in [-0.3, -0.25) is 0 Å². The highest BCUT2D eigenvalue weighted by molar-refractivity contribution is 7.90. The molecule has 4 nitrogen and oxygen atoms in total. The lowest BCUT2D eigenvalue weighted by atomic mass is 10.1. The Kier molecular flexibility index (Phi) is 5.89. The molecule has 1 saturated carbocycles. The molecule has 0 aliphatic heterocycles. The van der Waals surface area contributed by atoms with Crippen LogP contribution in [0.15, 0.2) is 0 Å². The minimum Gasteiger partial charge on any atom is -0.313 e. The highest BCUT2D eigenvalue weighted by Gasteiger charge is 2.23. The van der Waals surface area contributed by atoms with Crippen molar-refractivity contribution >= 4 is 10.0 Å². The first-order valence-electron chi connectivity index (χ1n) is 6.63. The molecule has 1 aliphatic carbocycles. The number of sulfonamides is 1. The van der Waals surface area contributed by atoms with Gasteiger partial charge in [-0.2, -0.15) is 0 Å². The third-order valence-electron chi connectivity index (χ3n) is 3.39. The minimum atomic E-state index is -3.16. The van der Waals surface area contributed by atoms with E-state index in [0.717, 1.165) is 0 Å². The van der Waals surface area contributed by atoms with E-state index in [9.17, 15) is 8.42 Å². The summed E-state index contributed by atoms with van der Waals surface area (Å²) < 4.78 is 26.7. The number of hydrogen-bond donors (Lipinski definition) is 2. The van der Waals surface area contributed by atoms with Gasteiger partial charge >= 0.3 is 0 Å². The summed E-state index contributed by atoms with van der Waals surface area (Å²) >= 11 is 0. The molecule has 1 fully saturated rings. The Morgan fingerprint density at radius 1 is 1.18 bits per heavy atom. The molecule has 0 bridgehead atoms. The Balaban J connectivity index is 2.33. The summed E-state index contributed by atoms with van der Waals surface area (Å²) in [4.78, 5) is 0. The first kappa shape index (κ1) is 14.9. The number of hydrogen-bond acceptors (Lipinski definition) is 3. The van der Waals surface area contributed by atoms with Gasteiger partial charge in [-0.05, 0) is 25.7 Å². The van der Waals surface area contributed by atoms with Gasteiger partial charge in [0.25, 0.3) is 0 Å². The summed E-state index contributed by atoms with van der Waals surface area (Å²) in [5.74, 6) is 0.551. The lowest BCUT2D eigenvalue weighted by Gasteiger charge is -2.18. The van der Waals surface area contributed by atoms with Crippen molar-refractivity contribution in [3.63, 3.8) is 0 Å². The van der Waals surface area contributed by atoms with Gasteiger partial charge in [0.15, 0.2) is 0 Å². The molecule has 1 unspecified atom stereocenters. The zero-order valence-electron chi connectivity index (χ0n) is 11.2. The van der Waals surface area contributed by atoms with Crippen LogP contribution in [0.2, 0.25) is 0 Å². The van der Waals surface area contributed by atoms with E-state index in [0.29, 0.717) is 25.0 Å². The molecule has 0 saturated heterocycles. The molecule has 0 spiro atoms. The smallest absolute Gasteiger partial charge is 0.215 e. The average Bonchev–Trinajstić information content (AvgIpc) is 2.75. The average molecular weight is 262 g/mol. The van der Waals surface area contributed by atoms with Crippen LogP contribution in [0.1, 0.15) is 46.5 Å². The van der Waals surface area contributed by atoms with Crippen molar-refractivity contribution in [2.24, 2.45) is 5.92 Å². The standard InChI is InChI=1S/C12H26N2O2S/c1-10(2)13-8-11(3)17(15,16)14-9-12-6-4-5-7-12/h10-14H,4-9H2,1-3H3. The second kappa shape index (κ2) is 6.71. The van der Waals surface area contributed by atoms with Crippen LogP contribution in [-0.2, 0) is 10.0 Å². The fraction of sp³-hybridized carbons (Fsp3) is 1.00. The molecule has 102 valence electrons. The quantitative estimate of drug-likeness (QED) is 0.731. The normalized spacial score (nSPS) is 20.0. The molecule has 5 heteroatoms. The molecule has 1 aliphatic rings. The molecule has 0 aromatic heterocycles. The summed E-state index contributed by atoms with van der Waals surface area (Å²) in [6, 6.07) is 0.322. The second-order valence-corrected chi connectivity index (χ2v) is 7.60. The maximum absolute atomic E-state index is 11.9. The summed E-state index contributed by atoms with van der Waals surface area (Å²) in [6.07, 6.45) is 4.83. The monoisotopic (exact) mass is 262 g/mol. The van der Waals surface area contributed by atoms with Crippen LogP contribution in [0.3, 0.4) is 0 Å². The molecular formula is C12H26N2O2S. The largest absolute Gasteiger partial charge is 0.313 e.